The molecule has 2 N–H and O–H groups in total. The van der Waals surface area contributed by atoms with Crippen LogP contribution in [0.15, 0.2) is 30.6 Å². The largest absolute Gasteiger partial charge is 0.493 e. The first-order valence-corrected chi connectivity index (χ1v) is 12.5. The molecule has 208 valence electrons. The van der Waals surface area contributed by atoms with Gasteiger partial charge in [-0.05, 0) is 44.4 Å². The van der Waals surface area contributed by atoms with Gasteiger partial charge in [0.25, 0.3) is 0 Å². The molecule has 3 rings (SSSR count). The molecular formula is C26H35FN4O7. The second-order valence-corrected chi connectivity index (χ2v) is 8.62. The maximum absolute atomic E-state index is 14.1. The van der Waals surface area contributed by atoms with Crippen LogP contribution in [0.1, 0.15) is 49.5 Å². The molecule has 1 atom stereocenters. The van der Waals surface area contributed by atoms with Crippen LogP contribution in [0.4, 0.5) is 10.3 Å². The van der Waals surface area contributed by atoms with E-state index in [-0.39, 0.29) is 12.2 Å². The van der Waals surface area contributed by atoms with Crippen molar-refractivity contribution in [2.75, 3.05) is 44.3 Å². The second-order valence-electron chi connectivity index (χ2n) is 8.62. The molecule has 2 aromatic rings. The van der Waals surface area contributed by atoms with Crippen molar-refractivity contribution in [2.24, 2.45) is 0 Å². The molecule has 1 aromatic carbocycles. The first kappa shape index (κ1) is 30.4. The Balaban J connectivity index is 0.000000757. The minimum Gasteiger partial charge on any atom is -0.493 e. The van der Waals surface area contributed by atoms with Gasteiger partial charge in [-0.15, -0.1) is 0 Å². The number of carbonyl (C=O) groups is 3. The summed E-state index contributed by atoms with van der Waals surface area (Å²) in [7, 11) is 0. The molecule has 2 heterocycles. The first-order chi connectivity index (χ1) is 18.2. The Hall–Kier alpha value is -3.80. The van der Waals surface area contributed by atoms with E-state index < -0.39 is 23.7 Å². The van der Waals surface area contributed by atoms with Crippen LogP contribution < -0.4 is 9.64 Å². The summed E-state index contributed by atoms with van der Waals surface area (Å²) in [5.41, 5.74) is 1.10. The number of rotatable bonds is 10. The molecule has 0 radical (unpaired) electrons. The van der Waals surface area contributed by atoms with Gasteiger partial charge >= 0.3 is 17.9 Å². The number of carboxylic acids is 2. The highest BCUT2D eigenvalue weighted by Gasteiger charge is 2.22. The fraction of sp³-hybridized carbons (Fsp3) is 0.500. The lowest BCUT2D eigenvalue weighted by molar-refractivity contribution is -0.159. The van der Waals surface area contributed by atoms with Crippen LogP contribution in [-0.4, -0.2) is 88.4 Å². The first-order valence-electron chi connectivity index (χ1n) is 12.5. The molecule has 1 unspecified atom stereocenters. The minimum atomic E-state index is -1.82. The Morgan fingerprint density at radius 2 is 1.68 bits per heavy atom. The van der Waals surface area contributed by atoms with Gasteiger partial charge in [-0.25, -0.2) is 28.7 Å². The fourth-order valence-corrected chi connectivity index (χ4v) is 3.78. The Bertz CT molecular complexity index is 1050. The van der Waals surface area contributed by atoms with Gasteiger partial charge in [0.1, 0.15) is 11.6 Å². The zero-order chi connectivity index (χ0) is 28.1. The molecule has 1 aromatic heterocycles. The normalized spacial score (nSPS) is 14.2. The van der Waals surface area contributed by atoms with Crippen molar-refractivity contribution >= 4 is 23.9 Å². The van der Waals surface area contributed by atoms with Gasteiger partial charge in [-0.3, -0.25) is 4.90 Å². The standard InChI is InChI=1S/C24H33FN4O3.C2H2O4/c1-4-6-19-16-26-24(27-17-19)29-12-10-28(11-13-29)18(3)9-14-32-20-7-8-21(22(25)15-20)23(30)31-5-2;3-1(4)2(5)6/h7-8,15-18H,4-6,9-14H2,1-3H3;(H,3,4)(H,5,6). The van der Waals surface area contributed by atoms with Gasteiger partial charge in [0.2, 0.25) is 5.95 Å². The van der Waals surface area contributed by atoms with E-state index >= 15 is 0 Å². The fourth-order valence-electron chi connectivity index (χ4n) is 3.78. The van der Waals surface area contributed by atoms with E-state index in [1.54, 1.807) is 13.0 Å². The Morgan fingerprint density at radius 3 is 2.21 bits per heavy atom. The van der Waals surface area contributed by atoms with Crippen molar-refractivity contribution in [3.8, 4) is 5.75 Å². The van der Waals surface area contributed by atoms with Crippen LogP contribution in [0.25, 0.3) is 0 Å². The maximum Gasteiger partial charge on any atom is 0.414 e. The highest BCUT2D eigenvalue weighted by molar-refractivity contribution is 6.27. The number of halogens is 1. The molecule has 1 aliphatic heterocycles. The Kier molecular flexibility index (Phi) is 12.4. The van der Waals surface area contributed by atoms with Crippen LogP contribution in [0.2, 0.25) is 0 Å². The summed E-state index contributed by atoms with van der Waals surface area (Å²) in [6, 6.07) is 4.59. The van der Waals surface area contributed by atoms with Crippen molar-refractivity contribution in [1.29, 1.82) is 0 Å². The van der Waals surface area contributed by atoms with Crippen LogP contribution in [0.3, 0.4) is 0 Å². The smallest absolute Gasteiger partial charge is 0.414 e. The van der Waals surface area contributed by atoms with E-state index in [4.69, 9.17) is 29.3 Å². The highest BCUT2D eigenvalue weighted by atomic mass is 19.1. The summed E-state index contributed by atoms with van der Waals surface area (Å²) in [5.74, 6) is -3.73. The third-order valence-corrected chi connectivity index (χ3v) is 5.87. The van der Waals surface area contributed by atoms with Crippen LogP contribution in [0.5, 0.6) is 5.75 Å². The van der Waals surface area contributed by atoms with Gasteiger partial charge in [0, 0.05) is 50.7 Å². The number of aromatic nitrogens is 2. The topological polar surface area (TPSA) is 142 Å². The number of ether oxygens (including phenoxy) is 2. The van der Waals surface area contributed by atoms with E-state index in [1.807, 2.05) is 12.4 Å². The average molecular weight is 535 g/mol. The minimum absolute atomic E-state index is 0.0746. The number of hydrogen-bond donors (Lipinski definition) is 2. The van der Waals surface area contributed by atoms with Gasteiger partial charge in [0.15, 0.2) is 0 Å². The van der Waals surface area contributed by atoms with Gasteiger partial charge in [0.05, 0.1) is 18.8 Å². The highest BCUT2D eigenvalue weighted by Crippen LogP contribution is 2.19. The molecule has 11 nitrogen and oxygen atoms in total. The summed E-state index contributed by atoms with van der Waals surface area (Å²) in [5, 5.41) is 14.8. The summed E-state index contributed by atoms with van der Waals surface area (Å²) in [6.07, 6.45) is 6.79. The number of carboxylic acid groups (broad SMARTS) is 2. The Morgan fingerprint density at radius 1 is 1.05 bits per heavy atom. The summed E-state index contributed by atoms with van der Waals surface area (Å²) >= 11 is 0. The van der Waals surface area contributed by atoms with E-state index in [2.05, 4.69) is 33.6 Å². The van der Waals surface area contributed by atoms with E-state index in [0.717, 1.165) is 51.4 Å². The van der Waals surface area contributed by atoms with Crippen molar-refractivity contribution in [1.82, 2.24) is 14.9 Å². The second kappa shape index (κ2) is 15.5. The van der Waals surface area contributed by atoms with Gasteiger partial charge in [-0.1, -0.05) is 13.3 Å². The lowest BCUT2D eigenvalue weighted by Gasteiger charge is -2.38. The molecule has 12 heteroatoms. The van der Waals surface area contributed by atoms with E-state index in [1.165, 1.54) is 17.7 Å². The van der Waals surface area contributed by atoms with Crippen LogP contribution >= 0.6 is 0 Å². The zero-order valence-electron chi connectivity index (χ0n) is 21.9. The molecule has 0 aliphatic carbocycles. The third-order valence-electron chi connectivity index (χ3n) is 5.87. The average Bonchev–Trinajstić information content (AvgIpc) is 2.90. The molecular weight excluding hydrogens is 499 g/mol. The SMILES string of the molecule is CCCc1cnc(N2CCN(C(C)CCOc3ccc(C(=O)OCC)c(F)c3)CC2)nc1.O=C(O)C(=O)O. The van der Waals surface area contributed by atoms with Crippen molar-refractivity contribution in [2.45, 2.75) is 46.1 Å². The van der Waals surface area contributed by atoms with Gasteiger partial charge in [-0.2, -0.15) is 0 Å². The molecule has 1 saturated heterocycles. The number of carbonyl (C=O) groups excluding carboxylic acids is 1. The molecule has 38 heavy (non-hydrogen) atoms. The van der Waals surface area contributed by atoms with Crippen LogP contribution in [0, 0.1) is 5.82 Å². The predicted molar refractivity (Wildman–Crippen MR) is 137 cm³/mol. The number of piperazine rings is 1. The van der Waals surface area contributed by atoms with E-state index in [0.29, 0.717) is 18.4 Å². The van der Waals surface area contributed by atoms with Crippen LogP contribution in [-0.2, 0) is 20.7 Å². The lowest BCUT2D eigenvalue weighted by Crippen LogP contribution is -2.50. The monoisotopic (exact) mass is 534 g/mol. The number of anilines is 1. The molecule has 0 saturated carbocycles. The number of esters is 1. The maximum atomic E-state index is 14.1. The van der Waals surface area contributed by atoms with Gasteiger partial charge < -0.3 is 24.6 Å². The predicted octanol–water partition coefficient (Wildman–Crippen LogP) is 2.88. The molecule has 1 fully saturated rings. The number of nitrogens with zero attached hydrogens (tertiary/aromatic N) is 4. The number of aryl methyl sites for hydroxylation is 1. The third kappa shape index (κ3) is 9.58. The lowest BCUT2D eigenvalue weighted by atomic mass is 10.1. The zero-order valence-corrected chi connectivity index (χ0v) is 21.9. The van der Waals surface area contributed by atoms with Crippen molar-refractivity contribution in [3.63, 3.8) is 0 Å². The number of benzene rings is 1. The number of hydrogen-bond acceptors (Lipinski definition) is 9. The molecule has 0 amide bonds. The summed E-state index contributed by atoms with van der Waals surface area (Å²) in [6.45, 7) is 10.3. The quantitative estimate of drug-likeness (QED) is 0.343. The van der Waals surface area contributed by atoms with Crippen molar-refractivity contribution < 1.29 is 38.5 Å². The summed E-state index contributed by atoms with van der Waals surface area (Å²) < 4.78 is 24.7. The number of aliphatic carboxylic acids is 2. The molecule has 0 spiro atoms. The molecule has 1 aliphatic rings. The molecule has 0 bridgehead atoms. The van der Waals surface area contributed by atoms with E-state index in [9.17, 15) is 9.18 Å². The Labute approximate surface area is 221 Å². The summed E-state index contributed by atoms with van der Waals surface area (Å²) in [4.78, 5) is 43.6. The van der Waals surface area contributed by atoms with Crippen molar-refractivity contribution in [3.05, 3.63) is 47.5 Å².